The van der Waals surface area contributed by atoms with Gasteiger partial charge in [0.15, 0.2) is 0 Å². The molecule has 1 aromatic heterocycles. The molecule has 0 aliphatic heterocycles. The molecule has 2 rings (SSSR count). The summed E-state index contributed by atoms with van der Waals surface area (Å²) in [6.07, 6.45) is 1.82. The van der Waals surface area contributed by atoms with Gasteiger partial charge in [-0.3, -0.25) is 10.1 Å². The number of nitro groups is 1. The van der Waals surface area contributed by atoms with Gasteiger partial charge >= 0.3 is 0 Å². The number of rotatable bonds is 5. The molecule has 0 fully saturated rings. The van der Waals surface area contributed by atoms with Crippen LogP contribution in [0.25, 0.3) is 0 Å². The number of halogens is 1. The maximum atomic E-state index is 11.0. The van der Waals surface area contributed by atoms with Crippen molar-refractivity contribution < 1.29 is 4.92 Å². The minimum atomic E-state index is -0.416. The fourth-order valence-corrected chi connectivity index (χ4v) is 2.85. The van der Waals surface area contributed by atoms with Gasteiger partial charge in [0.2, 0.25) is 0 Å². The number of nitrogens with one attached hydrogen (secondary N) is 1. The average Bonchev–Trinajstić information content (AvgIpc) is 2.83. The van der Waals surface area contributed by atoms with Crippen LogP contribution in [0.2, 0.25) is 5.02 Å². The van der Waals surface area contributed by atoms with Crippen LogP contribution in [0.4, 0.5) is 5.69 Å². The van der Waals surface area contributed by atoms with E-state index in [1.807, 2.05) is 20.0 Å². The summed E-state index contributed by atoms with van der Waals surface area (Å²) < 4.78 is 0. The van der Waals surface area contributed by atoms with Crippen LogP contribution in [0, 0.1) is 17.0 Å². The molecule has 1 atom stereocenters. The number of hydrogen-bond donors (Lipinski definition) is 1. The first-order valence-corrected chi connectivity index (χ1v) is 7.26. The van der Waals surface area contributed by atoms with Gasteiger partial charge in [-0.05, 0) is 19.9 Å². The third kappa shape index (κ3) is 3.33. The van der Waals surface area contributed by atoms with Crippen molar-refractivity contribution in [2.24, 2.45) is 0 Å². The molecule has 1 aromatic carbocycles. The Kier molecular flexibility index (Phi) is 4.69. The molecular formula is C13H14ClN3O2S. The van der Waals surface area contributed by atoms with E-state index >= 15 is 0 Å². The number of benzene rings is 1. The normalized spacial score (nSPS) is 12.3. The highest BCUT2D eigenvalue weighted by Gasteiger charge is 2.18. The predicted octanol–water partition coefficient (Wildman–Crippen LogP) is 3.86. The molecule has 5 nitrogen and oxygen atoms in total. The topological polar surface area (TPSA) is 68.1 Å². The van der Waals surface area contributed by atoms with Gasteiger partial charge in [-0.1, -0.05) is 17.7 Å². The van der Waals surface area contributed by atoms with Crippen molar-refractivity contribution in [3.63, 3.8) is 0 Å². The number of thiazole rings is 1. The first-order valence-electron chi connectivity index (χ1n) is 6.06. The average molecular weight is 312 g/mol. The van der Waals surface area contributed by atoms with Gasteiger partial charge in [-0.25, -0.2) is 4.98 Å². The molecule has 106 valence electrons. The largest absolute Gasteiger partial charge is 0.304 e. The molecule has 0 radical (unpaired) electrons. The summed E-state index contributed by atoms with van der Waals surface area (Å²) in [6.45, 7) is 4.30. The number of nitrogens with zero attached hydrogens (tertiary/aromatic N) is 2. The van der Waals surface area contributed by atoms with Crippen LogP contribution in [0.5, 0.6) is 0 Å². The summed E-state index contributed by atoms with van der Waals surface area (Å²) in [5.41, 5.74) is 0.534. The number of aromatic nitrogens is 1. The molecule has 0 bridgehead atoms. The third-order valence-electron chi connectivity index (χ3n) is 2.89. The molecule has 0 aliphatic carbocycles. The Bertz CT molecular complexity index is 630. The molecular weight excluding hydrogens is 298 g/mol. The van der Waals surface area contributed by atoms with Gasteiger partial charge < -0.3 is 5.32 Å². The zero-order valence-corrected chi connectivity index (χ0v) is 12.7. The monoisotopic (exact) mass is 311 g/mol. The lowest BCUT2D eigenvalue weighted by Gasteiger charge is -2.12. The van der Waals surface area contributed by atoms with Crippen LogP contribution in [0.1, 0.15) is 28.4 Å². The van der Waals surface area contributed by atoms with Crippen LogP contribution < -0.4 is 5.32 Å². The third-order valence-corrected chi connectivity index (χ3v) is 4.34. The zero-order valence-electron chi connectivity index (χ0n) is 11.1. The Hall–Kier alpha value is -1.50. The van der Waals surface area contributed by atoms with E-state index in [2.05, 4.69) is 10.3 Å². The highest BCUT2D eigenvalue weighted by molar-refractivity contribution is 7.11. The number of hydrogen-bond acceptors (Lipinski definition) is 5. The fraction of sp³-hybridized carbons (Fsp3) is 0.308. The van der Waals surface area contributed by atoms with Gasteiger partial charge in [0.05, 0.1) is 21.6 Å². The minimum absolute atomic E-state index is 0.0181. The van der Waals surface area contributed by atoms with Crippen LogP contribution in [0.15, 0.2) is 24.4 Å². The van der Waals surface area contributed by atoms with Gasteiger partial charge in [0.25, 0.3) is 5.69 Å². The van der Waals surface area contributed by atoms with E-state index < -0.39 is 4.92 Å². The van der Waals surface area contributed by atoms with Gasteiger partial charge in [0, 0.05) is 23.7 Å². The summed E-state index contributed by atoms with van der Waals surface area (Å²) in [7, 11) is 0. The fourth-order valence-electron chi connectivity index (χ4n) is 1.81. The Morgan fingerprint density at radius 3 is 2.90 bits per heavy atom. The van der Waals surface area contributed by atoms with Crippen LogP contribution in [0.3, 0.4) is 0 Å². The second-order valence-electron chi connectivity index (χ2n) is 4.41. The summed E-state index contributed by atoms with van der Waals surface area (Å²) in [4.78, 5) is 16.0. The summed E-state index contributed by atoms with van der Waals surface area (Å²) in [5.74, 6) is 0. The van der Waals surface area contributed by atoms with Crippen molar-refractivity contribution >= 4 is 28.6 Å². The number of aryl methyl sites for hydroxylation is 1. The van der Waals surface area contributed by atoms with Crippen LogP contribution in [-0.4, -0.2) is 9.91 Å². The quantitative estimate of drug-likeness (QED) is 0.672. The molecule has 20 heavy (non-hydrogen) atoms. The summed E-state index contributed by atoms with van der Waals surface area (Å²) in [6, 6.07) is 4.72. The molecule has 2 aromatic rings. The van der Waals surface area contributed by atoms with Crippen molar-refractivity contribution in [3.8, 4) is 0 Å². The van der Waals surface area contributed by atoms with Gasteiger partial charge in [-0.15, -0.1) is 11.3 Å². The molecule has 1 unspecified atom stereocenters. The van der Waals surface area contributed by atoms with E-state index in [1.54, 1.807) is 23.5 Å². The Balaban J connectivity index is 2.13. The van der Waals surface area contributed by atoms with Crippen LogP contribution in [-0.2, 0) is 6.54 Å². The summed E-state index contributed by atoms with van der Waals surface area (Å²) in [5, 5.41) is 15.6. The van der Waals surface area contributed by atoms with E-state index in [0.29, 0.717) is 17.1 Å². The maximum Gasteiger partial charge on any atom is 0.275 e. The maximum absolute atomic E-state index is 11.0. The van der Waals surface area contributed by atoms with E-state index in [0.717, 1.165) is 9.88 Å². The molecule has 0 saturated carbocycles. The highest BCUT2D eigenvalue weighted by Crippen LogP contribution is 2.27. The zero-order chi connectivity index (χ0) is 14.7. The molecule has 1 heterocycles. The Morgan fingerprint density at radius 2 is 2.30 bits per heavy atom. The second-order valence-corrected chi connectivity index (χ2v) is 6.08. The summed E-state index contributed by atoms with van der Waals surface area (Å²) >= 11 is 7.65. The van der Waals surface area contributed by atoms with Crippen molar-refractivity contribution in [3.05, 3.63) is 55.0 Å². The smallest absolute Gasteiger partial charge is 0.275 e. The van der Waals surface area contributed by atoms with E-state index in [4.69, 9.17) is 11.6 Å². The molecule has 7 heteroatoms. The molecule has 0 amide bonds. The first-order chi connectivity index (χ1) is 9.49. The molecule has 0 spiro atoms. The standard InChI is InChI=1S/C13H14ClN3O2S/c1-8-6-16-13(20-8)9(2)15-7-10-11(14)4-3-5-12(10)17(18)19/h3-6,9,15H,7H2,1-2H3. The van der Waals surface area contributed by atoms with Crippen LogP contribution >= 0.6 is 22.9 Å². The Labute approximate surface area is 125 Å². The van der Waals surface area contributed by atoms with Crippen molar-refractivity contribution in [2.45, 2.75) is 26.4 Å². The first kappa shape index (κ1) is 14.9. The molecule has 1 N–H and O–H groups in total. The lowest BCUT2D eigenvalue weighted by molar-refractivity contribution is -0.385. The van der Waals surface area contributed by atoms with Crippen molar-refractivity contribution in [1.29, 1.82) is 0 Å². The molecule has 0 saturated heterocycles. The highest BCUT2D eigenvalue weighted by atomic mass is 35.5. The van der Waals surface area contributed by atoms with E-state index in [1.165, 1.54) is 6.07 Å². The SMILES string of the molecule is Cc1cnc(C(C)NCc2c(Cl)cccc2[N+](=O)[O-])s1. The van der Waals surface area contributed by atoms with Crippen molar-refractivity contribution in [2.75, 3.05) is 0 Å². The van der Waals surface area contributed by atoms with Gasteiger partial charge in [-0.2, -0.15) is 0 Å². The lowest BCUT2D eigenvalue weighted by Crippen LogP contribution is -2.18. The lowest BCUT2D eigenvalue weighted by atomic mass is 10.1. The molecule has 0 aliphatic rings. The second kappa shape index (κ2) is 6.30. The van der Waals surface area contributed by atoms with Gasteiger partial charge in [0.1, 0.15) is 5.01 Å². The number of nitro benzene ring substituents is 1. The minimum Gasteiger partial charge on any atom is -0.304 e. The Morgan fingerprint density at radius 1 is 1.55 bits per heavy atom. The van der Waals surface area contributed by atoms with Crippen molar-refractivity contribution in [1.82, 2.24) is 10.3 Å². The van der Waals surface area contributed by atoms with E-state index in [-0.39, 0.29) is 11.7 Å². The van der Waals surface area contributed by atoms with E-state index in [9.17, 15) is 10.1 Å². The predicted molar refractivity (Wildman–Crippen MR) is 80.2 cm³/mol.